The molecule has 0 saturated carbocycles. The first-order chi connectivity index (χ1) is 9.58. The van der Waals surface area contributed by atoms with E-state index in [2.05, 4.69) is 22.8 Å². The normalized spacial score (nSPS) is 20.9. The van der Waals surface area contributed by atoms with E-state index >= 15 is 0 Å². The molecule has 4 nitrogen and oxygen atoms in total. The molecule has 0 fully saturated rings. The maximum atomic E-state index is 11.1. The first kappa shape index (κ1) is 14.6. The van der Waals surface area contributed by atoms with Crippen LogP contribution in [0.15, 0.2) is 24.3 Å². The predicted molar refractivity (Wildman–Crippen MR) is 78.5 cm³/mol. The molecule has 0 aromatic heterocycles. The Bertz CT molecular complexity index is 454. The third-order valence-electron chi connectivity index (χ3n) is 3.93. The highest BCUT2D eigenvalue weighted by Crippen LogP contribution is 2.38. The van der Waals surface area contributed by atoms with E-state index in [0.29, 0.717) is 24.9 Å². The molecule has 2 amide bonds. The highest BCUT2D eigenvalue weighted by Gasteiger charge is 2.26. The summed E-state index contributed by atoms with van der Waals surface area (Å²) in [5.74, 6) is 0.790. The van der Waals surface area contributed by atoms with Gasteiger partial charge in [-0.05, 0) is 24.0 Å². The Morgan fingerprint density at radius 1 is 0.950 bits per heavy atom. The lowest BCUT2D eigenvalue weighted by Crippen LogP contribution is -2.32. The Kier molecular flexibility index (Phi) is 4.77. The van der Waals surface area contributed by atoms with Gasteiger partial charge in [0.1, 0.15) is 0 Å². The molecule has 2 atom stereocenters. The molecule has 108 valence electrons. The molecule has 1 aromatic rings. The SMILES string of the molecule is CC(=O)NC[C@H]1CC[C@H](CNC(C)=O)c2ccccc21. The molecule has 1 aromatic carbocycles. The molecule has 2 rings (SSSR count). The summed E-state index contributed by atoms with van der Waals surface area (Å²) in [6.45, 7) is 4.49. The number of fused-ring (bicyclic) bond motifs is 1. The lowest BCUT2D eigenvalue weighted by molar-refractivity contribution is -0.120. The minimum atomic E-state index is 0.0165. The van der Waals surface area contributed by atoms with Crippen LogP contribution < -0.4 is 10.6 Å². The van der Waals surface area contributed by atoms with Crippen LogP contribution in [0.1, 0.15) is 49.7 Å². The molecule has 0 spiro atoms. The number of benzene rings is 1. The average molecular weight is 274 g/mol. The fourth-order valence-electron chi connectivity index (χ4n) is 2.93. The third kappa shape index (κ3) is 3.59. The highest BCUT2D eigenvalue weighted by atomic mass is 16.2. The molecule has 0 aliphatic heterocycles. The molecule has 0 unspecified atom stereocenters. The first-order valence-corrected chi connectivity index (χ1v) is 7.15. The third-order valence-corrected chi connectivity index (χ3v) is 3.93. The molecular weight excluding hydrogens is 252 g/mol. The number of hydrogen-bond donors (Lipinski definition) is 2. The lowest BCUT2D eigenvalue weighted by Gasteiger charge is -2.31. The van der Waals surface area contributed by atoms with Gasteiger partial charge in [0.25, 0.3) is 0 Å². The molecular formula is C16H22N2O2. The second-order valence-corrected chi connectivity index (χ2v) is 5.47. The van der Waals surface area contributed by atoms with Crippen molar-refractivity contribution in [3.05, 3.63) is 35.4 Å². The van der Waals surface area contributed by atoms with Crippen molar-refractivity contribution in [2.75, 3.05) is 13.1 Å². The maximum Gasteiger partial charge on any atom is 0.216 e. The molecule has 4 heteroatoms. The van der Waals surface area contributed by atoms with Crippen LogP contribution in [0.25, 0.3) is 0 Å². The van der Waals surface area contributed by atoms with Gasteiger partial charge >= 0.3 is 0 Å². The van der Waals surface area contributed by atoms with E-state index in [4.69, 9.17) is 0 Å². The van der Waals surface area contributed by atoms with Gasteiger partial charge in [0, 0.05) is 38.8 Å². The summed E-state index contributed by atoms with van der Waals surface area (Å²) in [5.41, 5.74) is 2.62. The van der Waals surface area contributed by atoms with Gasteiger partial charge in [-0.3, -0.25) is 9.59 Å². The fourth-order valence-corrected chi connectivity index (χ4v) is 2.93. The summed E-state index contributed by atoms with van der Waals surface area (Å²) in [4.78, 5) is 22.2. The second-order valence-electron chi connectivity index (χ2n) is 5.47. The summed E-state index contributed by atoms with van der Waals surface area (Å²) >= 11 is 0. The van der Waals surface area contributed by atoms with Crippen molar-refractivity contribution in [2.45, 2.75) is 38.5 Å². The Morgan fingerprint density at radius 3 is 1.70 bits per heavy atom. The first-order valence-electron chi connectivity index (χ1n) is 7.15. The van der Waals surface area contributed by atoms with Gasteiger partial charge in [-0.2, -0.15) is 0 Å². The Balaban J connectivity index is 2.12. The fraction of sp³-hybridized carbons (Fsp3) is 0.500. The summed E-state index contributed by atoms with van der Waals surface area (Å²) < 4.78 is 0. The van der Waals surface area contributed by atoms with Gasteiger partial charge < -0.3 is 10.6 Å². The lowest BCUT2D eigenvalue weighted by atomic mass is 9.76. The largest absolute Gasteiger partial charge is 0.356 e. The van der Waals surface area contributed by atoms with Crippen molar-refractivity contribution in [3.63, 3.8) is 0 Å². The quantitative estimate of drug-likeness (QED) is 0.881. The molecule has 20 heavy (non-hydrogen) atoms. The summed E-state index contributed by atoms with van der Waals surface area (Å²) in [6, 6.07) is 8.37. The zero-order valence-electron chi connectivity index (χ0n) is 12.1. The highest BCUT2D eigenvalue weighted by molar-refractivity contribution is 5.73. The van der Waals surface area contributed by atoms with Gasteiger partial charge in [-0.25, -0.2) is 0 Å². The van der Waals surface area contributed by atoms with Crippen LogP contribution >= 0.6 is 0 Å². The standard InChI is InChI=1S/C16H22N2O2/c1-11(19)17-9-13-7-8-14(10-18-12(2)20)16-6-4-3-5-15(13)16/h3-6,13-14H,7-10H2,1-2H3,(H,17,19)(H,18,20)/t13-,14-/m1/s1. The maximum absolute atomic E-state index is 11.1. The molecule has 0 radical (unpaired) electrons. The number of hydrogen-bond acceptors (Lipinski definition) is 2. The Morgan fingerprint density at radius 2 is 1.35 bits per heavy atom. The van der Waals surface area contributed by atoms with Crippen molar-refractivity contribution in [2.24, 2.45) is 0 Å². The summed E-state index contributed by atoms with van der Waals surface area (Å²) in [7, 11) is 0. The Hall–Kier alpha value is -1.84. The summed E-state index contributed by atoms with van der Waals surface area (Å²) in [6.07, 6.45) is 2.09. The molecule has 0 heterocycles. The monoisotopic (exact) mass is 274 g/mol. The van der Waals surface area contributed by atoms with Crippen LogP contribution in [-0.2, 0) is 9.59 Å². The Labute approximate surface area is 119 Å². The van der Waals surface area contributed by atoms with Crippen LogP contribution in [-0.4, -0.2) is 24.9 Å². The van der Waals surface area contributed by atoms with Crippen molar-refractivity contribution >= 4 is 11.8 Å². The van der Waals surface area contributed by atoms with Gasteiger partial charge in [0.05, 0.1) is 0 Å². The van der Waals surface area contributed by atoms with Gasteiger partial charge in [0.15, 0.2) is 0 Å². The topological polar surface area (TPSA) is 58.2 Å². The number of rotatable bonds is 4. The number of carbonyl (C=O) groups excluding carboxylic acids is 2. The van der Waals surface area contributed by atoms with Crippen LogP contribution in [0.2, 0.25) is 0 Å². The van der Waals surface area contributed by atoms with E-state index in [-0.39, 0.29) is 11.8 Å². The molecule has 1 aliphatic rings. The number of carbonyl (C=O) groups is 2. The van der Waals surface area contributed by atoms with E-state index < -0.39 is 0 Å². The zero-order chi connectivity index (χ0) is 14.5. The minimum Gasteiger partial charge on any atom is -0.356 e. The summed E-state index contributed by atoms with van der Waals surface area (Å²) in [5, 5.41) is 5.83. The van der Waals surface area contributed by atoms with Crippen molar-refractivity contribution in [3.8, 4) is 0 Å². The predicted octanol–water partition coefficient (Wildman–Crippen LogP) is 1.92. The van der Waals surface area contributed by atoms with E-state index in [9.17, 15) is 9.59 Å². The second kappa shape index (κ2) is 6.55. The smallest absolute Gasteiger partial charge is 0.216 e. The number of nitrogens with one attached hydrogen (secondary N) is 2. The average Bonchev–Trinajstić information content (AvgIpc) is 2.43. The van der Waals surface area contributed by atoms with E-state index in [1.54, 1.807) is 13.8 Å². The van der Waals surface area contributed by atoms with Crippen LogP contribution in [0.5, 0.6) is 0 Å². The van der Waals surface area contributed by atoms with E-state index in [0.717, 1.165) is 12.8 Å². The zero-order valence-corrected chi connectivity index (χ0v) is 12.1. The molecule has 1 aliphatic carbocycles. The number of amides is 2. The van der Waals surface area contributed by atoms with Gasteiger partial charge in [-0.15, -0.1) is 0 Å². The van der Waals surface area contributed by atoms with Crippen molar-refractivity contribution in [1.82, 2.24) is 10.6 Å². The van der Waals surface area contributed by atoms with Gasteiger partial charge in [-0.1, -0.05) is 24.3 Å². The molecule has 2 N–H and O–H groups in total. The minimum absolute atomic E-state index is 0.0165. The van der Waals surface area contributed by atoms with Crippen molar-refractivity contribution in [1.29, 1.82) is 0 Å². The van der Waals surface area contributed by atoms with Crippen LogP contribution in [0.3, 0.4) is 0 Å². The molecule has 0 saturated heterocycles. The molecule has 0 bridgehead atoms. The van der Waals surface area contributed by atoms with Crippen LogP contribution in [0, 0.1) is 0 Å². The van der Waals surface area contributed by atoms with Crippen molar-refractivity contribution < 1.29 is 9.59 Å². The van der Waals surface area contributed by atoms with Gasteiger partial charge in [0.2, 0.25) is 11.8 Å². The van der Waals surface area contributed by atoms with E-state index in [1.807, 2.05) is 12.1 Å². The van der Waals surface area contributed by atoms with Crippen LogP contribution in [0.4, 0.5) is 0 Å². The van der Waals surface area contributed by atoms with E-state index in [1.165, 1.54) is 11.1 Å².